The number of fused-ring (bicyclic) bond motifs is 1. The Morgan fingerprint density at radius 3 is 3.00 bits per heavy atom. The highest BCUT2D eigenvalue weighted by Gasteiger charge is 2.37. The number of nitrogens with two attached hydrogens (primary N) is 1. The normalized spacial score (nSPS) is 24.9. The summed E-state index contributed by atoms with van der Waals surface area (Å²) in [6.07, 6.45) is 3.59. The molecule has 3 rings (SSSR count). The Hall–Kier alpha value is -0.550. The molecule has 0 saturated carbocycles. The molecule has 19 heavy (non-hydrogen) atoms. The third-order valence-corrected chi connectivity index (χ3v) is 6.83. The van der Waals surface area contributed by atoms with Gasteiger partial charge in [-0.2, -0.15) is 11.8 Å². The number of hydrogen-bond acceptors (Lipinski definition) is 4. The van der Waals surface area contributed by atoms with Crippen molar-refractivity contribution in [2.75, 3.05) is 5.75 Å². The SMILES string of the molecule is CC1(C(Cc2csc3ccccc23)NN)CCCS1. The molecule has 1 aromatic carbocycles. The molecule has 3 N–H and O–H groups in total. The molecule has 2 unspecified atom stereocenters. The molecule has 2 atom stereocenters. The van der Waals surface area contributed by atoms with Crippen molar-refractivity contribution in [1.82, 2.24) is 5.43 Å². The van der Waals surface area contributed by atoms with Gasteiger partial charge in [0.25, 0.3) is 0 Å². The fourth-order valence-corrected chi connectivity index (χ4v) is 5.31. The van der Waals surface area contributed by atoms with Crippen molar-refractivity contribution in [3.8, 4) is 0 Å². The van der Waals surface area contributed by atoms with Gasteiger partial charge in [-0.15, -0.1) is 11.3 Å². The maximum atomic E-state index is 5.84. The van der Waals surface area contributed by atoms with Crippen LogP contribution >= 0.6 is 23.1 Å². The summed E-state index contributed by atoms with van der Waals surface area (Å²) in [7, 11) is 0. The number of benzene rings is 1. The third-order valence-electron chi connectivity index (χ3n) is 4.17. The molecule has 1 aliphatic rings. The zero-order valence-corrected chi connectivity index (χ0v) is 12.8. The largest absolute Gasteiger partial charge is 0.271 e. The predicted octanol–water partition coefficient (Wildman–Crippen LogP) is 3.56. The van der Waals surface area contributed by atoms with E-state index < -0.39 is 0 Å². The van der Waals surface area contributed by atoms with Gasteiger partial charge in [-0.25, -0.2) is 0 Å². The third kappa shape index (κ3) is 2.55. The standard InChI is InChI=1S/C15H20N2S2/c1-15(7-4-8-19-15)14(17-16)9-11-10-18-13-6-3-2-5-12(11)13/h2-3,5-6,10,14,17H,4,7-9,16H2,1H3. The second-order valence-electron chi connectivity index (χ2n) is 5.45. The van der Waals surface area contributed by atoms with Crippen LogP contribution in [0.5, 0.6) is 0 Å². The van der Waals surface area contributed by atoms with Crippen LogP contribution in [0.2, 0.25) is 0 Å². The summed E-state index contributed by atoms with van der Waals surface area (Å²) >= 11 is 3.90. The summed E-state index contributed by atoms with van der Waals surface area (Å²) in [5, 5.41) is 3.68. The lowest BCUT2D eigenvalue weighted by atomic mass is 9.91. The Bertz CT molecular complexity index is 558. The number of hydrogen-bond donors (Lipinski definition) is 2. The van der Waals surface area contributed by atoms with Crippen LogP contribution in [-0.4, -0.2) is 16.5 Å². The lowest BCUT2D eigenvalue weighted by molar-refractivity contribution is 0.406. The minimum absolute atomic E-state index is 0.276. The Morgan fingerprint density at radius 1 is 1.42 bits per heavy atom. The highest BCUT2D eigenvalue weighted by Crippen LogP contribution is 2.41. The van der Waals surface area contributed by atoms with Crippen molar-refractivity contribution in [3.63, 3.8) is 0 Å². The van der Waals surface area contributed by atoms with Crippen LogP contribution in [0.15, 0.2) is 29.6 Å². The second kappa shape index (κ2) is 5.44. The molecule has 0 radical (unpaired) electrons. The average molecular weight is 292 g/mol. The second-order valence-corrected chi connectivity index (χ2v) is 7.99. The van der Waals surface area contributed by atoms with Crippen LogP contribution in [0.25, 0.3) is 10.1 Å². The lowest BCUT2D eigenvalue weighted by Gasteiger charge is -2.32. The van der Waals surface area contributed by atoms with Crippen LogP contribution in [0.4, 0.5) is 0 Å². The smallest absolute Gasteiger partial charge is 0.0395 e. The molecule has 2 aromatic rings. The van der Waals surface area contributed by atoms with Crippen molar-refractivity contribution in [3.05, 3.63) is 35.2 Å². The Labute approximate surface area is 122 Å². The summed E-state index contributed by atoms with van der Waals surface area (Å²) in [6, 6.07) is 8.99. The van der Waals surface area contributed by atoms with Crippen molar-refractivity contribution >= 4 is 33.2 Å². The van der Waals surface area contributed by atoms with Crippen LogP contribution in [0.3, 0.4) is 0 Å². The van der Waals surface area contributed by atoms with Gasteiger partial charge in [0.1, 0.15) is 0 Å². The van der Waals surface area contributed by atoms with Gasteiger partial charge in [-0.05, 0) is 54.3 Å². The van der Waals surface area contributed by atoms with E-state index in [1.807, 2.05) is 11.3 Å². The van der Waals surface area contributed by atoms with Gasteiger partial charge in [0.2, 0.25) is 0 Å². The van der Waals surface area contributed by atoms with E-state index in [0.717, 1.165) is 6.42 Å². The molecule has 4 heteroatoms. The first-order chi connectivity index (χ1) is 9.23. The average Bonchev–Trinajstić information content (AvgIpc) is 3.03. The summed E-state index contributed by atoms with van der Waals surface area (Å²) in [4.78, 5) is 0. The van der Waals surface area contributed by atoms with E-state index in [2.05, 4.69) is 53.8 Å². The quantitative estimate of drug-likeness (QED) is 0.668. The topological polar surface area (TPSA) is 38.0 Å². The van der Waals surface area contributed by atoms with Crippen LogP contribution in [-0.2, 0) is 6.42 Å². The molecule has 1 saturated heterocycles. The van der Waals surface area contributed by atoms with Gasteiger partial charge in [0, 0.05) is 15.5 Å². The minimum atomic E-state index is 0.276. The van der Waals surface area contributed by atoms with Crippen molar-refractivity contribution < 1.29 is 0 Å². The summed E-state index contributed by atoms with van der Waals surface area (Å²) in [6.45, 7) is 2.35. The number of thiophene rings is 1. The first kappa shape index (κ1) is 13.4. The van der Waals surface area contributed by atoms with E-state index in [-0.39, 0.29) is 4.75 Å². The van der Waals surface area contributed by atoms with Crippen molar-refractivity contribution in [2.45, 2.75) is 37.0 Å². The molecule has 2 heterocycles. The van der Waals surface area contributed by atoms with Crippen molar-refractivity contribution in [2.24, 2.45) is 5.84 Å². The first-order valence-electron chi connectivity index (χ1n) is 6.78. The molecule has 0 spiro atoms. The first-order valence-corrected chi connectivity index (χ1v) is 8.65. The Kier molecular flexibility index (Phi) is 3.85. The number of thioether (sulfide) groups is 1. The maximum absolute atomic E-state index is 5.84. The van der Waals surface area contributed by atoms with Gasteiger partial charge in [-0.3, -0.25) is 11.3 Å². The summed E-state index contributed by atoms with van der Waals surface area (Å²) < 4.78 is 1.65. The van der Waals surface area contributed by atoms with Crippen molar-refractivity contribution in [1.29, 1.82) is 0 Å². The number of rotatable bonds is 4. The van der Waals surface area contributed by atoms with Gasteiger partial charge in [0.15, 0.2) is 0 Å². The van der Waals surface area contributed by atoms with Gasteiger partial charge in [-0.1, -0.05) is 18.2 Å². The maximum Gasteiger partial charge on any atom is 0.0395 e. The molecular weight excluding hydrogens is 272 g/mol. The highest BCUT2D eigenvalue weighted by atomic mass is 32.2. The fourth-order valence-electron chi connectivity index (χ4n) is 2.94. The fraction of sp³-hybridized carbons (Fsp3) is 0.467. The Balaban J connectivity index is 1.86. The van der Waals surface area contributed by atoms with E-state index in [9.17, 15) is 0 Å². The monoisotopic (exact) mass is 292 g/mol. The van der Waals surface area contributed by atoms with E-state index in [0.29, 0.717) is 6.04 Å². The molecule has 0 amide bonds. The highest BCUT2D eigenvalue weighted by molar-refractivity contribution is 8.00. The zero-order chi connectivity index (χ0) is 13.3. The van der Waals surface area contributed by atoms with Crippen LogP contribution < -0.4 is 11.3 Å². The minimum Gasteiger partial charge on any atom is -0.271 e. The molecule has 0 aliphatic carbocycles. The number of hydrazine groups is 1. The van der Waals surface area contributed by atoms with Gasteiger partial charge < -0.3 is 0 Å². The molecule has 1 fully saturated rings. The van der Waals surface area contributed by atoms with Gasteiger partial charge in [0.05, 0.1) is 0 Å². The molecular formula is C15H20N2S2. The molecule has 2 nitrogen and oxygen atoms in total. The molecule has 102 valence electrons. The van der Waals surface area contributed by atoms with E-state index in [1.54, 1.807) is 0 Å². The molecule has 1 aromatic heterocycles. The summed E-state index contributed by atoms with van der Waals surface area (Å²) in [5.41, 5.74) is 4.50. The number of nitrogens with one attached hydrogen (secondary N) is 1. The van der Waals surface area contributed by atoms with E-state index >= 15 is 0 Å². The summed E-state index contributed by atoms with van der Waals surface area (Å²) in [5.74, 6) is 7.10. The van der Waals surface area contributed by atoms with Gasteiger partial charge >= 0.3 is 0 Å². The zero-order valence-electron chi connectivity index (χ0n) is 11.2. The lowest BCUT2D eigenvalue weighted by Crippen LogP contribution is -2.49. The molecule has 1 aliphatic heterocycles. The van der Waals surface area contributed by atoms with Crippen LogP contribution in [0.1, 0.15) is 25.3 Å². The Morgan fingerprint density at radius 2 is 2.26 bits per heavy atom. The van der Waals surface area contributed by atoms with E-state index in [1.165, 1.54) is 34.2 Å². The molecule has 0 bridgehead atoms. The van der Waals surface area contributed by atoms with Crippen LogP contribution in [0, 0.1) is 0 Å². The van der Waals surface area contributed by atoms with E-state index in [4.69, 9.17) is 5.84 Å². The predicted molar refractivity (Wildman–Crippen MR) is 86.7 cm³/mol.